The maximum absolute atomic E-state index is 6.23. The zero-order valence-corrected chi connectivity index (χ0v) is 16.6. The number of anilines is 2. The highest BCUT2D eigenvalue weighted by Gasteiger charge is 2.16. The molecule has 0 radical (unpaired) electrons. The summed E-state index contributed by atoms with van der Waals surface area (Å²) in [5.74, 6) is 2.54. The third kappa shape index (κ3) is 4.43. The van der Waals surface area contributed by atoms with Gasteiger partial charge in [-0.25, -0.2) is 15.0 Å². The Morgan fingerprint density at radius 1 is 1.12 bits per heavy atom. The lowest BCUT2D eigenvalue weighted by atomic mass is 10.2. The predicted molar refractivity (Wildman–Crippen MR) is 107 cm³/mol. The molecule has 26 heavy (non-hydrogen) atoms. The van der Waals surface area contributed by atoms with Crippen LogP contribution in [0.25, 0.3) is 0 Å². The highest BCUT2D eigenvalue weighted by molar-refractivity contribution is 6.30. The van der Waals surface area contributed by atoms with Crippen molar-refractivity contribution in [3.05, 3.63) is 40.4 Å². The first-order chi connectivity index (χ1) is 12.6. The number of likely N-dealkylation sites (N-methyl/N-ethyl adjacent to an activating group) is 1. The van der Waals surface area contributed by atoms with Gasteiger partial charge in [-0.1, -0.05) is 31.5 Å². The summed E-state index contributed by atoms with van der Waals surface area (Å²) in [4.78, 5) is 18.2. The summed E-state index contributed by atoms with van der Waals surface area (Å²) in [6, 6.07) is 4.24. The van der Waals surface area contributed by atoms with Crippen LogP contribution in [-0.4, -0.2) is 52.6 Å². The summed E-state index contributed by atoms with van der Waals surface area (Å²) in [7, 11) is 0. The van der Waals surface area contributed by atoms with Crippen molar-refractivity contribution in [1.29, 1.82) is 0 Å². The molecule has 0 saturated carbocycles. The van der Waals surface area contributed by atoms with Crippen molar-refractivity contribution in [3.63, 3.8) is 0 Å². The molecule has 1 aliphatic rings. The molecule has 140 valence electrons. The van der Waals surface area contributed by atoms with Crippen LogP contribution in [-0.2, 0) is 13.0 Å². The van der Waals surface area contributed by atoms with Gasteiger partial charge in [-0.3, -0.25) is 0 Å². The molecule has 1 fully saturated rings. The number of nitrogens with one attached hydrogen (secondary N) is 1. The maximum atomic E-state index is 6.23. The number of hydrogen-bond acceptors (Lipinski definition) is 6. The van der Waals surface area contributed by atoms with Gasteiger partial charge in [-0.15, -0.1) is 0 Å². The Balaban J connectivity index is 1.62. The molecule has 0 bridgehead atoms. The summed E-state index contributed by atoms with van der Waals surface area (Å²) >= 11 is 6.23. The molecular formula is C19H27ClN6. The molecule has 2 aromatic rings. The van der Waals surface area contributed by atoms with E-state index in [1.807, 2.05) is 13.1 Å². The SMILES string of the molecule is CCc1c(Cl)nc(C)nc1NCc1ccc(N2CCN(CC)CC2)nc1. The molecule has 7 heteroatoms. The highest BCUT2D eigenvalue weighted by Crippen LogP contribution is 2.22. The van der Waals surface area contributed by atoms with Gasteiger partial charge in [-0.05, 0) is 31.5 Å². The standard InChI is InChI=1S/C19H27ClN6/c1-4-16-18(20)23-14(3)24-19(16)22-13-15-6-7-17(21-12-15)26-10-8-25(5-2)9-11-26/h6-7,12H,4-5,8-11,13H2,1-3H3,(H,22,23,24). The van der Waals surface area contributed by atoms with E-state index in [1.165, 1.54) is 0 Å². The minimum atomic E-state index is 0.530. The second-order valence-electron chi connectivity index (χ2n) is 6.54. The van der Waals surface area contributed by atoms with Crippen LogP contribution in [0.1, 0.15) is 30.8 Å². The van der Waals surface area contributed by atoms with Gasteiger partial charge in [0, 0.05) is 44.5 Å². The number of hydrogen-bond donors (Lipinski definition) is 1. The fourth-order valence-electron chi connectivity index (χ4n) is 3.21. The normalized spacial score (nSPS) is 15.3. The van der Waals surface area contributed by atoms with E-state index in [9.17, 15) is 0 Å². The lowest BCUT2D eigenvalue weighted by Crippen LogP contribution is -2.46. The van der Waals surface area contributed by atoms with E-state index in [0.717, 1.165) is 61.9 Å². The van der Waals surface area contributed by atoms with E-state index < -0.39 is 0 Å². The Morgan fingerprint density at radius 3 is 2.50 bits per heavy atom. The maximum Gasteiger partial charge on any atom is 0.138 e. The Bertz CT molecular complexity index is 726. The Hall–Kier alpha value is -1.92. The molecule has 2 aromatic heterocycles. The number of aryl methyl sites for hydroxylation is 1. The molecule has 3 rings (SSSR count). The summed E-state index contributed by atoms with van der Waals surface area (Å²) in [6.45, 7) is 12.2. The van der Waals surface area contributed by atoms with Crippen LogP contribution in [0.4, 0.5) is 11.6 Å². The van der Waals surface area contributed by atoms with Crippen molar-refractivity contribution in [2.75, 3.05) is 42.9 Å². The van der Waals surface area contributed by atoms with E-state index in [-0.39, 0.29) is 0 Å². The predicted octanol–water partition coefficient (Wildman–Crippen LogP) is 3.15. The lowest BCUT2D eigenvalue weighted by Gasteiger charge is -2.34. The van der Waals surface area contributed by atoms with Crippen molar-refractivity contribution >= 4 is 23.2 Å². The molecule has 6 nitrogen and oxygen atoms in total. The van der Waals surface area contributed by atoms with E-state index in [0.29, 0.717) is 17.5 Å². The van der Waals surface area contributed by atoms with Gasteiger partial charge in [0.05, 0.1) is 0 Å². The summed E-state index contributed by atoms with van der Waals surface area (Å²) in [5.41, 5.74) is 2.08. The first-order valence-corrected chi connectivity index (χ1v) is 9.67. The molecule has 0 unspecified atom stereocenters. The zero-order valence-electron chi connectivity index (χ0n) is 15.8. The Morgan fingerprint density at radius 2 is 1.88 bits per heavy atom. The molecule has 0 atom stereocenters. The average molecular weight is 375 g/mol. The van der Waals surface area contributed by atoms with Gasteiger partial charge in [0.2, 0.25) is 0 Å². The Kier molecular flexibility index (Phi) is 6.27. The summed E-state index contributed by atoms with van der Waals surface area (Å²) in [6.07, 6.45) is 2.73. The number of rotatable bonds is 6. The van der Waals surface area contributed by atoms with Crippen LogP contribution in [0.5, 0.6) is 0 Å². The van der Waals surface area contributed by atoms with Gasteiger partial charge in [0.1, 0.15) is 22.6 Å². The number of halogens is 1. The molecular weight excluding hydrogens is 348 g/mol. The topological polar surface area (TPSA) is 57.2 Å². The van der Waals surface area contributed by atoms with Crippen LogP contribution >= 0.6 is 11.6 Å². The number of pyridine rings is 1. The number of aromatic nitrogens is 3. The summed E-state index contributed by atoms with van der Waals surface area (Å²) < 4.78 is 0. The quantitative estimate of drug-likeness (QED) is 0.784. The van der Waals surface area contributed by atoms with Crippen LogP contribution in [0.2, 0.25) is 5.15 Å². The lowest BCUT2D eigenvalue weighted by molar-refractivity contribution is 0.270. The van der Waals surface area contributed by atoms with Crippen molar-refractivity contribution in [2.24, 2.45) is 0 Å². The molecule has 0 amide bonds. The minimum absolute atomic E-state index is 0.530. The molecule has 0 aliphatic carbocycles. The third-order valence-electron chi connectivity index (χ3n) is 4.83. The second-order valence-corrected chi connectivity index (χ2v) is 6.90. The van der Waals surface area contributed by atoms with Gasteiger partial charge >= 0.3 is 0 Å². The van der Waals surface area contributed by atoms with Crippen molar-refractivity contribution in [3.8, 4) is 0 Å². The first-order valence-electron chi connectivity index (χ1n) is 9.29. The van der Waals surface area contributed by atoms with Crippen LogP contribution in [0.15, 0.2) is 18.3 Å². The molecule has 0 aromatic carbocycles. The van der Waals surface area contributed by atoms with Gasteiger partial charge < -0.3 is 15.1 Å². The van der Waals surface area contributed by atoms with E-state index in [4.69, 9.17) is 11.6 Å². The van der Waals surface area contributed by atoms with Gasteiger partial charge in [0.15, 0.2) is 0 Å². The second kappa shape index (κ2) is 8.64. The van der Waals surface area contributed by atoms with Crippen molar-refractivity contribution in [1.82, 2.24) is 19.9 Å². The van der Waals surface area contributed by atoms with Crippen molar-refractivity contribution in [2.45, 2.75) is 33.7 Å². The third-order valence-corrected chi connectivity index (χ3v) is 5.15. The minimum Gasteiger partial charge on any atom is -0.366 e. The number of piperazine rings is 1. The molecule has 1 saturated heterocycles. The first kappa shape index (κ1) is 18.9. The van der Waals surface area contributed by atoms with Gasteiger partial charge in [0.25, 0.3) is 0 Å². The largest absolute Gasteiger partial charge is 0.366 e. The smallest absolute Gasteiger partial charge is 0.138 e. The van der Waals surface area contributed by atoms with Crippen LogP contribution < -0.4 is 10.2 Å². The van der Waals surface area contributed by atoms with Crippen molar-refractivity contribution < 1.29 is 0 Å². The Labute approximate surface area is 160 Å². The fourth-order valence-corrected chi connectivity index (χ4v) is 3.55. The average Bonchev–Trinajstić information content (AvgIpc) is 2.66. The number of nitrogens with zero attached hydrogens (tertiary/aromatic N) is 5. The fraction of sp³-hybridized carbons (Fsp3) is 0.526. The van der Waals surface area contributed by atoms with E-state index >= 15 is 0 Å². The molecule has 0 spiro atoms. The molecule has 3 heterocycles. The highest BCUT2D eigenvalue weighted by atomic mass is 35.5. The molecule has 1 aliphatic heterocycles. The summed E-state index contributed by atoms with van der Waals surface area (Å²) in [5, 5.41) is 3.91. The molecule has 1 N–H and O–H groups in total. The van der Waals surface area contributed by atoms with E-state index in [2.05, 4.69) is 56.0 Å². The zero-order chi connectivity index (χ0) is 18.5. The van der Waals surface area contributed by atoms with Crippen LogP contribution in [0.3, 0.4) is 0 Å². The van der Waals surface area contributed by atoms with Gasteiger partial charge in [-0.2, -0.15) is 0 Å². The van der Waals surface area contributed by atoms with E-state index in [1.54, 1.807) is 0 Å². The van der Waals surface area contributed by atoms with Crippen LogP contribution in [0, 0.1) is 6.92 Å². The monoisotopic (exact) mass is 374 g/mol.